The summed E-state index contributed by atoms with van der Waals surface area (Å²) in [6.45, 7) is 2.44. The fourth-order valence-corrected chi connectivity index (χ4v) is 1.64. The summed E-state index contributed by atoms with van der Waals surface area (Å²) in [7, 11) is 0. The normalized spacial score (nSPS) is 9.83. The fraction of sp³-hybridized carbons (Fsp3) is 0.143. The zero-order valence-electron chi connectivity index (χ0n) is 9.94. The molecule has 0 saturated carbocycles. The third kappa shape index (κ3) is 2.64. The van der Waals surface area contributed by atoms with E-state index in [2.05, 4.69) is 10.3 Å². The first kappa shape index (κ1) is 12.1. The molecule has 0 radical (unpaired) electrons. The zero-order chi connectivity index (χ0) is 13.0. The monoisotopic (exact) mass is 241 g/mol. The van der Waals surface area contributed by atoms with Gasteiger partial charge in [-0.3, -0.25) is 4.98 Å². The Morgan fingerprint density at radius 1 is 1.39 bits per heavy atom. The number of halogens is 1. The Bertz CT molecular complexity index is 602. The van der Waals surface area contributed by atoms with Crippen LogP contribution in [0.5, 0.6) is 0 Å². The first-order chi connectivity index (χ1) is 8.70. The summed E-state index contributed by atoms with van der Waals surface area (Å²) in [5.74, 6) is -0.487. The van der Waals surface area contributed by atoms with E-state index in [1.54, 1.807) is 18.3 Å². The molecule has 2 rings (SSSR count). The smallest absolute Gasteiger partial charge is 0.140 e. The van der Waals surface area contributed by atoms with E-state index in [0.717, 1.165) is 16.9 Å². The number of pyridine rings is 1. The maximum atomic E-state index is 13.1. The number of hydrogen-bond donors (Lipinski definition) is 1. The lowest BCUT2D eigenvalue weighted by Gasteiger charge is -2.08. The number of nitrogens with one attached hydrogen (secondary N) is 1. The van der Waals surface area contributed by atoms with E-state index in [-0.39, 0.29) is 5.56 Å². The van der Waals surface area contributed by atoms with Gasteiger partial charge in [0.1, 0.15) is 11.9 Å². The highest BCUT2D eigenvalue weighted by Gasteiger charge is 2.03. The Morgan fingerprint density at radius 3 is 2.94 bits per heavy atom. The summed E-state index contributed by atoms with van der Waals surface area (Å²) >= 11 is 0. The van der Waals surface area contributed by atoms with Gasteiger partial charge >= 0.3 is 0 Å². The largest absolute Gasteiger partial charge is 0.380 e. The van der Waals surface area contributed by atoms with Gasteiger partial charge in [0.05, 0.1) is 16.9 Å². The van der Waals surface area contributed by atoms with Crippen molar-refractivity contribution in [3.8, 4) is 6.07 Å². The summed E-state index contributed by atoms with van der Waals surface area (Å²) in [5.41, 5.74) is 2.76. The molecule has 0 spiro atoms. The van der Waals surface area contributed by atoms with Crippen LogP contribution >= 0.6 is 0 Å². The summed E-state index contributed by atoms with van der Waals surface area (Å²) in [5, 5.41) is 12.0. The summed E-state index contributed by atoms with van der Waals surface area (Å²) < 4.78 is 13.1. The second kappa shape index (κ2) is 5.28. The molecule has 0 fully saturated rings. The lowest BCUT2D eigenvalue weighted by Crippen LogP contribution is -2.02. The molecule has 0 bridgehead atoms. The third-order valence-electron chi connectivity index (χ3n) is 2.64. The minimum absolute atomic E-state index is 0.0669. The Morgan fingerprint density at radius 2 is 2.22 bits per heavy atom. The minimum Gasteiger partial charge on any atom is -0.380 e. The van der Waals surface area contributed by atoms with Crippen molar-refractivity contribution in [2.45, 2.75) is 13.5 Å². The number of hydrogen-bond acceptors (Lipinski definition) is 3. The number of aromatic nitrogens is 1. The Kier molecular flexibility index (Phi) is 3.54. The number of nitriles is 1. The first-order valence-corrected chi connectivity index (χ1v) is 5.54. The molecule has 1 aromatic carbocycles. The zero-order valence-corrected chi connectivity index (χ0v) is 9.94. The molecule has 0 saturated heterocycles. The predicted molar refractivity (Wildman–Crippen MR) is 67.4 cm³/mol. The standard InChI is InChI=1S/C14H12FN3/c1-10-14(3-2-6-17-10)18-9-11-4-5-13(15)12(7-11)8-16/h2-7,18H,9H2,1H3. The van der Waals surface area contributed by atoms with Crippen LogP contribution in [0.15, 0.2) is 36.5 Å². The summed E-state index contributed by atoms with van der Waals surface area (Å²) in [6, 6.07) is 10.1. The minimum atomic E-state index is -0.487. The molecule has 90 valence electrons. The SMILES string of the molecule is Cc1ncccc1NCc1ccc(F)c(C#N)c1. The van der Waals surface area contributed by atoms with E-state index in [1.165, 1.54) is 6.07 Å². The molecular formula is C14H12FN3. The second-order valence-corrected chi connectivity index (χ2v) is 3.92. The summed E-state index contributed by atoms with van der Waals surface area (Å²) in [6.07, 6.45) is 1.73. The molecule has 0 unspecified atom stereocenters. The van der Waals surface area contributed by atoms with Crippen LogP contribution in [0.2, 0.25) is 0 Å². The molecular weight excluding hydrogens is 229 g/mol. The van der Waals surface area contributed by atoms with Crippen molar-refractivity contribution >= 4 is 5.69 Å². The van der Waals surface area contributed by atoms with Crippen LogP contribution in [0, 0.1) is 24.1 Å². The van der Waals surface area contributed by atoms with E-state index in [4.69, 9.17) is 5.26 Å². The van der Waals surface area contributed by atoms with E-state index < -0.39 is 5.82 Å². The maximum Gasteiger partial charge on any atom is 0.140 e. The second-order valence-electron chi connectivity index (χ2n) is 3.92. The molecule has 3 nitrogen and oxygen atoms in total. The highest BCUT2D eigenvalue weighted by molar-refractivity contribution is 5.47. The summed E-state index contributed by atoms with van der Waals surface area (Å²) in [4.78, 5) is 4.16. The van der Waals surface area contributed by atoms with E-state index >= 15 is 0 Å². The molecule has 0 aliphatic heterocycles. The lowest BCUT2D eigenvalue weighted by atomic mass is 10.1. The van der Waals surface area contributed by atoms with Gasteiger partial charge in [0.2, 0.25) is 0 Å². The van der Waals surface area contributed by atoms with Gasteiger partial charge in [0.25, 0.3) is 0 Å². The average Bonchev–Trinajstić information content (AvgIpc) is 2.39. The van der Waals surface area contributed by atoms with Crippen molar-refractivity contribution in [1.29, 1.82) is 5.26 Å². The lowest BCUT2D eigenvalue weighted by molar-refractivity contribution is 0.623. The first-order valence-electron chi connectivity index (χ1n) is 5.54. The van der Waals surface area contributed by atoms with Gasteiger partial charge in [-0.1, -0.05) is 6.07 Å². The molecule has 0 amide bonds. The number of aryl methyl sites for hydroxylation is 1. The number of nitrogens with zero attached hydrogens (tertiary/aromatic N) is 2. The molecule has 1 aromatic heterocycles. The molecule has 2 aromatic rings. The van der Waals surface area contributed by atoms with Crippen molar-refractivity contribution in [3.63, 3.8) is 0 Å². The maximum absolute atomic E-state index is 13.1. The van der Waals surface area contributed by atoms with E-state index in [0.29, 0.717) is 6.54 Å². The van der Waals surface area contributed by atoms with Gasteiger partial charge in [-0.15, -0.1) is 0 Å². The molecule has 18 heavy (non-hydrogen) atoms. The number of benzene rings is 1. The third-order valence-corrected chi connectivity index (χ3v) is 2.64. The van der Waals surface area contributed by atoms with Gasteiger partial charge in [-0.05, 0) is 36.8 Å². The van der Waals surface area contributed by atoms with Crippen molar-refractivity contribution in [1.82, 2.24) is 4.98 Å². The van der Waals surface area contributed by atoms with Crippen LogP contribution in [-0.2, 0) is 6.54 Å². The van der Waals surface area contributed by atoms with E-state index in [1.807, 2.05) is 25.1 Å². The van der Waals surface area contributed by atoms with Gasteiger partial charge in [-0.2, -0.15) is 5.26 Å². The predicted octanol–water partition coefficient (Wildman–Crippen LogP) is 3.01. The number of anilines is 1. The van der Waals surface area contributed by atoms with Crippen LogP contribution in [0.3, 0.4) is 0 Å². The topological polar surface area (TPSA) is 48.7 Å². The van der Waals surface area contributed by atoms with Gasteiger partial charge in [-0.25, -0.2) is 4.39 Å². The van der Waals surface area contributed by atoms with Crippen LogP contribution in [0.25, 0.3) is 0 Å². The highest BCUT2D eigenvalue weighted by Crippen LogP contribution is 2.14. The van der Waals surface area contributed by atoms with E-state index in [9.17, 15) is 4.39 Å². The Balaban J connectivity index is 2.12. The van der Waals surface area contributed by atoms with Crippen LogP contribution in [-0.4, -0.2) is 4.98 Å². The van der Waals surface area contributed by atoms with Crippen LogP contribution in [0.1, 0.15) is 16.8 Å². The molecule has 0 aliphatic carbocycles. The average molecular weight is 241 g/mol. The van der Waals surface area contributed by atoms with Crippen molar-refractivity contribution in [2.24, 2.45) is 0 Å². The van der Waals surface area contributed by atoms with Crippen molar-refractivity contribution < 1.29 is 4.39 Å². The van der Waals surface area contributed by atoms with Gasteiger partial charge in [0, 0.05) is 12.7 Å². The molecule has 1 heterocycles. The van der Waals surface area contributed by atoms with Crippen LogP contribution < -0.4 is 5.32 Å². The Hall–Kier alpha value is -2.41. The van der Waals surface area contributed by atoms with Crippen molar-refractivity contribution in [3.05, 3.63) is 59.2 Å². The van der Waals surface area contributed by atoms with Crippen LogP contribution in [0.4, 0.5) is 10.1 Å². The quantitative estimate of drug-likeness (QED) is 0.898. The highest BCUT2D eigenvalue weighted by atomic mass is 19.1. The van der Waals surface area contributed by atoms with Gasteiger partial charge in [0.15, 0.2) is 0 Å². The molecule has 0 aliphatic rings. The Labute approximate surface area is 105 Å². The fourth-order valence-electron chi connectivity index (χ4n) is 1.64. The number of rotatable bonds is 3. The van der Waals surface area contributed by atoms with Gasteiger partial charge < -0.3 is 5.32 Å². The molecule has 0 atom stereocenters. The van der Waals surface area contributed by atoms with Crippen molar-refractivity contribution in [2.75, 3.05) is 5.32 Å². The molecule has 1 N–H and O–H groups in total. The molecule has 4 heteroatoms.